The molecule has 0 bridgehead atoms. The number of benzene rings is 1. The molecular formula is C24H32IN7O. The molecule has 0 unspecified atom stereocenters. The first-order chi connectivity index (χ1) is 15.7. The van der Waals surface area contributed by atoms with Crippen LogP contribution in [0.25, 0.3) is 5.57 Å². The van der Waals surface area contributed by atoms with Crippen molar-refractivity contribution in [3.8, 4) is 0 Å². The van der Waals surface area contributed by atoms with Gasteiger partial charge in [-0.15, -0.1) is 24.0 Å². The van der Waals surface area contributed by atoms with Gasteiger partial charge in [-0.25, -0.2) is 9.97 Å². The number of carbonyl (C=O) groups excluding carboxylic acids is 1. The predicted octanol–water partition coefficient (Wildman–Crippen LogP) is 2.50. The van der Waals surface area contributed by atoms with Crippen LogP contribution in [-0.4, -0.2) is 84.5 Å². The molecule has 0 aliphatic carbocycles. The first-order valence-electron chi connectivity index (χ1n) is 11.2. The van der Waals surface area contributed by atoms with Crippen molar-refractivity contribution in [1.82, 2.24) is 25.1 Å². The van der Waals surface area contributed by atoms with Gasteiger partial charge in [0.05, 0.1) is 0 Å². The molecule has 1 amide bonds. The zero-order chi connectivity index (χ0) is 22.2. The Kier molecular flexibility index (Phi) is 9.47. The number of aromatic nitrogens is 2. The van der Waals surface area contributed by atoms with Gasteiger partial charge in [-0.3, -0.25) is 9.79 Å². The lowest BCUT2D eigenvalue weighted by Gasteiger charge is -2.35. The molecule has 2 aliphatic heterocycles. The SMILES string of the molecule is CN=C(NCCC(=O)N1CCN(c2ncccn2)CC1)N1CC=C(c2ccccc2)CC1.I. The average molecular weight is 561 g/mol. The molecule has 1 saturated heterocycles. The molecule has 176 valence electrons. The van der Waals surface area contributed by atoms with Crippen molar-refractivity contribution >= 4 is 47.4 Å². The minimum Gasteiger partial charge on any atom is -0.356 e. The fraction of sp³-hybridized carbons (Fsp3) is 0.417. The standard InChI is InChI=1S/C24H31N7O.HI/c1-25-23(30-14-9-21(10-15-30)20-6-3-2-4-7-20)28-13-8-22(32)29-16-18-31(19-17-29)24-26-11-5-12-27-24;/h2-7,9,11-12H,8,10,13-19H2,1H3,(H,25,28);1H. The summed E-state index contributed by atoms with van der Waals surface area (Å²) in [7, 11) is 1.80. The van der Waals surface area contributed by atoms with E-state index in [1.54, 1.807) is 19.4 Å². The van der Waals surface area contributed by atoms with Crippen LogP contribution in [-0.2, 0) is 4.79 Å². The van der Waals surface area contributed by atoms with Gasteiger partial charge in [-0.1, -0.05) is 36.4 Å². The van der Waals surface area contributed by atoms with Gasteiger partial charge in [0.15, 0.2) is 5.96 Å². The second kappa shape index (κ2) is 12.5. The van der Waals surface area contributed by atoms with E-state index in [0.717, 1.165) is 44.5 Å². The quantitative estimate of drug-likeness (QED) is 0.344. The van der Waals surface area contributed by atoms with Crippen molar-refractivity contribution in [3.05, 3.63) is 60.4 Å². The predicted molar refractivity (Wildman–Crippen MR) is 143 cm³/mol. The number of hydrogen-bond donors (Lipinski definition) is 1. The number of hydrogen-bond acceptors (Lipinski definition) is 5. The third-order valence-electron chi connectivity index (χ3n) is 5.95. The first-order valence-corrected chi connectivity index (χ1v) is 11.2. The minimum absolute atomic E-state index is 0. The van der Waals surface area contributed by atoms with Crippen LogP contribution in [0.1, 0.15) is 18.4 Å². The van der Waals surface area contributed by atoms with Gasteiger partial charge in [0.25, 0.3) is 0 Å². The lowest BCUT2D eigenvalue weighted by molar-refractivity contribution is -0.131. The van der Waals surface area contributed by atoms with Crippen LogP contribution in [0.15, 0.2) is 59.9 Å². The van der Waals surface area contributed by atoms with E-state index in [9.17, 15) is 4.79 Å². The van der Waals surface area contributed by atoms with E-state index >= 15 is 0 Å². The molecule has 0 spiro atoms. The lowest BCUT2D eigenvalue weighted by atomic mass is 10.00. The summed E-state index contributed by atoms with van der Waals surface area (Å²) in [5.74, 6) is 1.76. The number of carbonyl (C=O) groups is 1. The Hall–Kier alpha value is -2.69. The van der Waals surface area contributed by atoms with E-state index in [2.05, 4.69) is 60.4 Å². The van der Waals surface area contributed by atoms with E-state index in [4.69, 9.17) is 0 Å². The largest absolute Gasteiger partial charge is 0.356 e. The van der Waals surface area contributed by atoms with Crippen molar-refractivity contribution in [2.24, 2.45) is 4.99 Å². The van der Waals surface area contributed by atoms with Crippen molar-refractivity contribution in [2.75, 3.05) is 57.8 Å². The lowest BCUT2D eigenvalue weighted by Crippen LogP contribution is -2.50. The third-order valence-corrected chi connectivity index (χ3v) is 5.95. The molecule has 3 heterocycles. The highest BCUT2D eigenvalue weighted by atomic mass is 127. The number of piperazine rings is 1. The van der Waals surface area contributed by atoms with Gasteiger partial charge in [-0.2, -0.15) is 0 Å². The molecule has 0 saturated carbocycles. The Morgan fingerprint density at radius 1 is 1.00 bits per heavy atom. The van der Waals surface area contributed by atoms with Crippen molar-refractivity contribution in [3.63, 3.8) is 0 Å². The summed E-state index contributed by atoms with van der Waals surface area (Å²) in [6.45, 7) is 5.23. The second-order valence-electron chi connectivity index (χ2n) is 7.93. The van der Waals surface area contributed by atoms with Crippen LogP contribution in [0.2, 0.25) is 0 Å². The Labute approximate surface area is 212 Å². The van der Waals surface area contributed by atoms with E-state index < -0.39 is 0 Å². The minimum atomic E-state index is 0. The van der Waals surface area contributed by atoms with Crippen LogP contribution >= 0.6 is 24.0 Å². The van der Waals surface area contributed by atoms with E-state index in [-0.39, 0.29) is 29.9 Å². The Balaban J connectivity index is 0.00000306. The van der Waals surface area contributed by atoms with Crippen LogP contribution < -0.4 is 10.2 Å². The maximum atomic E-state index is 12.7. The summed E-state index contributed by atoms with van der Waals surface area (Å²) in [5, 5.41) is 3.37. The number of rotatable bonds is 5. The molecule has 2 aliphatic rings. The molecular weight excluding hydrogens is 529 g/mol. The zero-order valence-electron chi connectivity index (χ0n) is 19.1. The first kappa shape index (κ1) is 24.9. The van der Waals surface area contributed by atoms with E-state index in [1.807, 2.05) is 17.0 Å². The van der Waals surface area contributed by atoms with Crippen LogP contribution in [0.4, 0.5) is 5.95 Å². The van der Waals surface area contributed by atoms with Gasteiger partial charge in [0, 0.05) is 71.7 Å². The molecule has 8 nitrogen and oxygen atoms in total. The van der Waals surface area contributed by atoms with Crippen molar-refractivity contribution in [2.45, 2.75) is 12.8 Å². The summed E-state index contributed by atoms with van der Waals surface area (Å²) in [4.78, 5) is 32.0. The fourth-order valence-electron chi connectivity index (χ4n) is 4.16. The number of aliphatic imine (C=N–C) groups is 1. The molecule has 1 aromatic heterocycles. The van der Waals surface area contributed by atoms with Crippen molar-refractivity contribution < 1.29 is 4.79 Å². The fourth-order valence-corrected chi connectivity index (χ4v) is 4.16. The normalized spacial score (nSPS) is 16.7. The number of nitrogens with zero attached hydrogens (tertiary/aromatic N) is 6. The van der Waals surface area contributed by atoms with Crippen LogP contribution in [0.5, 0.6) is 0 Å². The smallest absolute Gasteiger partial charge is 0.225 e. The number of guanidine groups is 1. The maximum Gasteiger partial charge on any atom is 0.225 e. The Morgan fingerprint density at radius 3 is 2.36 bits per heavy atom. The highest BCUT2D eigenvalue weighted by molar-refractivity contribution is 14.0. The number of anilines is 1. The number of nitrogens with one attached hydrogen (secondary N) is 1. The maximum absolute atomic E-state index is 12.7. The molecule has 0 atom stereocenters. The molecule has 4 rings (SSSR count). The number of halogens is 1. The van der Waals surface area contributed by atoms with Gasteiger partial charge in [0.1, 0.15) is 0 Å². The van der Waals surface area contributed by atoms with Gasteiger partial charge in [0.2, 0.25) is 11.9 Å². The molecule has 9 heteroatoms. The Morgan fingerprint density at radius 2 is 1.73 bits per heavy atom. The highest BCUT2D eigenvalue weighted by Gasteiger charge is 2.22. The average Bonchev–Trinajstić information content (AvgIpc) is 2.88. The second-order valence-corrected chi connectivity index (χ2v) is 7.93. The summed E-state index contributed by atoms with van der Waals surface area (Å²) < 4.78 is 0. The molecule has 1 aromatic carbocycles. The van der Waals surface area contributed by atoms with Crippen LogP contribution in [0.3, 0.4) is 0 Å². The van der Waals surface area contributed by atoms with Gasteiger partial charge < -0.3 is 20.0 Å². The summed E-state index contributed by atoms with van der Waals surface area (Å²) >= 11 is 0. The summed E-state index contributed by atoms with van der Waals surface area (Å²) in [6, 6.07) is 12.3. The van der Waals surface area contributed by atoms with Gasteiger partial charge >= 0.3 is 0 Å². The zero-order valence-corrected chi connectivity index (χ0v) is 21.4. The van der Waals surface area contributed by atoms with Gasteiger partial charge in [-0.05, 0) is 23.6 Å². The molecule has 33 heavy (non-hydrogen) atoms. The van der Waals surface area contributed by atoms with Crippen molar-refractivity contribution in [1.29, 1.82) is 0 Å². The molecule has 1 fully saturated rings. The molecule has 2 aromatic rings. The topological polar surface area (TPSA) is 77.0 Å². The molecule has 0 radical (unpaired) electrons. The molecule has 1 N–H and O–H groups in total. The summed E-state index contributed by atoms with van der Waals surface area (Å²) in [6.07, 6.45) is 7.21. The van der Waals surface area contributed by atoms with E-state index in [0.29, 0.717) is 26.1 Å². The highest BCUT2D eigenvalue weighted by Crippen LogP contribution is 2.22. The summed E-state index contributed by atoms with van der Waals surface area (Å²) in [5.41, 5.74) is 2.67. The van der Waals surface area contributed by atoms with Crippen LogP contribution in [0, 0.1) is 0 Å². The monoisotopic (exact) mass is 561 g/mol. The Bertz CT molecular complexity index is 944. The third kappa shape index (κ3) is 6.66. The van der Waals surface area contributed by atoms with E-state index in [1.165, 1.54) is 11.1 Å². The number of amides is 1.